The molecule has 32 heavy (non-hydrogen) atoms. The molecule has 0 aromatic heterocycles. The van der Waals surface area contributed by atoms with Crippen LogP contribution in [0.1, 0.15) is 37.7 Å². The van der Waals surface area contributed by atoms with Crippen LogP contribution in [0.3, 0.4) is 0 Å². The van der Waals surface area contributed by atoms with E-state index in [2.05, 4.69) is 36.5 Å². The van der Waals surface area contributed by atoms with Crippen molar-refractivity contribution in [2.75, 3.05) is 30.0 Å². The molecule has 7 nitrogen and oxygen atoms in total. The molecule has 1 aliphatic heterocycles. The van der Waals surface area contributed by atoms with Gasteiger partial charge in [0, 0.05) is 24.4 Å². The molecule has 0 radical (unpaired) electrons. The van der Waals surface area contributed by atoms with Crippen molar-refractivity contribution < 1.29 is 23.9 Å². The summed E-state index contributed by atoms with van der Waals surface area (Å²) in [5.41, 5.74) is 2.30. The number of hydrogen-bond donors (Lipinski definition) is 1. The molecule has 0 spiro atoms. The van der Waals surface area contributed by atoms with Crippen LogP contribution in [-0.4, -0.2) is 37.7 Å². The van der Waals surface area contributed by atoms with Crippen LogP contribution in [0, 0.1) is 0 Å². The highest BCUT2D eigenvalue weighted by atomic mass is 16.6. The van der Waals surface area contributed by atoms with Crippen LogP contribution < -0.4 is 10.2 Å². The van der Waals surface area contributed by atoms with Gasteiger partial charge in [0.25, 0.3) is 11.8 Å². The number of carbonyl (C=O) groups is 3. The number of benzene rings is 2. The van der Waals surface area contributed by atoms with E-state index in [-0.39, 0.29) is 18.4 Å². The third-order valence-electron chi connectivity index (χ3n) is 5.25. The first-order chi connectivity index (χ1) is 15.6. The van der Waals surface area contributed by atoms with E-state index in [4.69, 9.17) is 9.47 Å². The lowest BCUT2D eigenvalue weighted by molar-refractivity contribution is -0.119. The summed E-state index contributed by atoms with van der Waals surface area (Å²) in [7, 11) is 0. The van der Waals surface area contributed by atoms with E-state index in [0.29, 0.717) is 30.5 Å². The van der Waals surface area contributed by atoms with Gasteiger partial charge < -0.3 is 9.47 Å². The predicted molar refractivity (Wildman–Crippen MR) is 123 cm³/mol. The van der Waals surface area contributed by atoms with Gasteiger partial charge in [0.15, 0.2) is 0 Å². The average molecular weight is 437 g/mol. The number of ether oxygens (including phenoxy) is 2. The Bertz CT molecular complexity index is 923. The van der Waals surface area contributed by atoms with E-state index in [1.807, 2.05) is 6.07 Å². The minimum atomic E-state index is -0.591. The summed E-state index contributed by atoms with van der Waals surface area (Å²) in [5, 5.41) is 2.60. The molecule has 1 heterocycles. The lowest BCUT2D eigenvalue weighted by Gasteiger charge is -2.15. The van der Waals surface area contributed by atoms with Crippen molar-refractivity contribution in [1.29, 1.82) is 0 Å². The SMILES string of the molecule is CCC(CCCOCCOC(=O)Nc1ccc(N2C(=O)C=CC2=O)cc1)c1ccccc1. The van der Waals surface area contributed by atoms with E-state index >= 15 is 0 Å². The maximum atomic E-state index is 11.9. The largest absolute Gasteiger partial charge is 0.447 e. The van der Waals surface area contributed by atoms with Gasteiger partial charge in [-0.15, -0.1) is 0 Å². The second kappa shape index (κ2) is 11.8. The summed E-state index contributed by atoms with van der Waals surface area (Å²) in [4.78, 5) is 36.4. The van der Waals surface area contributed by atoms with E-state index in [9.17, 15) is 14.4 Å². The zero-order valence-corrected chi connectivity index (χ0v) is 18.2. The molecule has 2 aromatic carbocycles. The van der Waals surface area contributed by atoms with Gasteiger partial charge in [0.1, 0.15) is 6.61 Å². The zero-order chi connectivity index (χ0) is 22.8. The van der Waals surface area contributed by atoms with Crippen molar-refractivity contribution in [3.05, 3.63) is 72.3 Å². The minimum absolute atomic E-state index is 0.155. The second-order valence-electron chi connectivity index (χ2n) is 7.42. The fraction of sp³-hybridized carbons (Fsp3) is 0.320. The highest BCUT2D eigenvalue weighted by molar-refractivity contribution is 6.28. The molecule has 0 fully saturated rings. The monoisotopic (exact) mass is 436 g/mol. The van der Waals surface area contributed by atoms with E-state index in [0.717, 1.165) is 24.2 Å². The molecule has 1 aliphatic rings. The Kier molecular flexibility index (Phi) is 8.57. The van der Waals surface area contributed by atoms with E-state index < -0.39 is 6.09 Å². The molecule has 0 saturated carbocycles. The number of rotatable bonds is 11. The average Bonchev–Trinajstić information content (AvgIpc) is 3.15. The van der Waals surface area contributed by atoms with E-state index in [1.165, 1.54) is 17.7 Å². The summed E-state index contributed by atoms with van der Waals surface area (Å²) in [6.07, 6.45) is 4.95. The standard InChI is InChI=1S/C25H28N2O5/c1-2-19(20-7-4-3-5-8-20)9-6-16-31-17-18-32-25(30)26-21-10-12-22(13-11-21)27-23(28)14-15-24(27)29/h3-5,7-8,10-15,19H,2,6,9,16-18H2,1H3,(H,26,30). The third kappa shape index (κ3) is 6.52. The topological polar surface area (TPSA) is 84.9 Å². The van der Waals surface area contributed by atoms with Crippen molar-refractivity contribution in [2.24, 2.45) is 0 Å². The summed E-state index contributed by atoms with van der Waals surface area (Å²) in [5.74, 6) is -0.244. The Morgan fingerprint density at radius 1 is 0.938 bits per heavy atom. The summed E-state index contributed by atoms with van der Waals surface area (Å²) in [6.45, 7) is 3.31. The van der Waals surface area contributed by atoms with Crippen LogP contribution in [0.5, 0.6) is 0 Å². The Morgan fingerprint density at radius 2 is 1.62 bits per heavy atom. The van der Waals surface area contributed by atoms with Crippen LogP contribution >= 0.6 is 0 Å². The molecule has 7 heteroatoms. The molecule has 3 amide bonds. The molecule has 3 rings (SSSR count). The molecule has 0 bridgehead atoms. The quantitative estimate of drug-likeness (QED) is 0.409. The highest BCUT2D eigenvalue weighted by Crippen LogP contribution is 2.24. The van der Waals surface area contributed by atoms with Crippen LogP contribution in [0.15, 0.2) is 66.7 Å². The maximum absolute atomic E-state index is 11.9. The van der Waals surface area contributed by atoms with Gasteiger partial charge in [-0.05, 0) is 55.0 Å². The van der Waals surface area contributed by atoms with Crippen LogP contribution in [0.4, 0.5) is 16.2 Å². The number of anilines is 2. The van der Waals surface area contributed by atoms with Crippen molar-refractivity contribution in [1.82, 2.24) is 0 Å². The number of amides is 3. The predicted octanol–water partition coefficient (Wildman–Crippen LogP) is 4.66. The van der Waals surface area contributed by atoms with Gasteiger partial charge >= 0.3 is 6.09 Å². The Morgan fingerprint density at radius 3 is 2.28 bits per heavy atom. The lowest BCUT2D eigenvalue weighted by Crippen LogP contribution is -2.29. The van der Waals surface area contributed by atoms with Gasteiger partial charge in [0.2, 0.25) is 0 Å². The van der Waals surface area contributed by atoms with Crippen LogP contribution in [-0.2, 0) is 19.1 Å². The van der Waals surface area contributed by atoms with Gasteiger partial charge in [-0.3, -0.25) is 14.9 Å². The van der Waals surface area contributed by atoms with Gasteiger partial charge in [-0.1, -0.05) is 37.3 Å². The van der Waals surface area contributed by atoms with Crippen LogP contribution in [0.2, 0.25) is 0 Å². The Balaban J connectivity index is 1.29. The fourth-order valence-electron chi connectivity index (χ4n) is 3.56. The molecule has 1 unspecified atom stereocenters. The Hall–Kier alpha value is -3.45. The molecule has 1 N–H and O–H groups in total. The number of hydrogen-bond acceptors (Lipinski definition) is 5. The number of imide groups is 1. The molecule has 168 valence electrons. The second-order valence-corrected chi connectivity index (χ2v) is 7.42. The number of nitrogens with zero attached hydrogens (tertiary/aromatic N) is 1. The maximum Gasteiger partial charge on any atom is 0.411 e. The first-order valence-corrected chi connectivity index (χ1v) is 10.8. The van der Waals surface area contributed by atoms with Crippen molar-refractivity contribution in [3.63, 3.8) is 0 Å². The molecule has 1 atom stereocenters. The molecule has 2 aromatic rings. The van der Waals surface area contributed by atoms with Crippen molar-refractivity contribution in [3.8, 4) is 0 Å². The lowest BCUT2D eigenvalue weighted by atomic mass is 9.92. The molecule has 0 aliphatic carbocycles. The van der Waals surface area contributed by atoms with E-state index in [1.54, 1.807) is 24.3 Å². The Labute approximate surface area is 188 Å². The molecule has 0 saturated heterocycles. The normalized spacial score (nSPS) is 14.0. The number of nitrogens with one attached hydrogen (secondary N) is 1. The number of carbonyl (C=O) groups excluding carboxylic acids is 3. The van der Waals surface area contributed by atoms with Gasteiger partial charge in [-0.25, -0.2) is 9.69 Å². The minimum Gasteiger partial charge on any atom is -0.447 e. The smallest absolute Gasteiger partial charge is 0.411 e. The zero-order valence-electron chi connectivity index (χ0n) is 18.2. The van der Waals surface area contributed by atoms with Gasteiger partial charge in [-0.2, -0.15) is 0 Å². The third-order valence-corrected chi connectivity index (χ3v) is 5.25. The highest BCUT2D eigenvalue weighted by Gasteiger charge is 2.24. The summed E-state index contributed by atoms with van der Waals surface area (Å²) >= 11 is 0. The molecular formula is C25H28N2O5. The van der Waals surface area contributed by atoms with Crippen molar-refractivity contribution >= 4 is 29.3 Å². The van der Waals surface area contributed by atoms with Gasteiger partial charge in [0.05, 0.1) is 12.3 Å². The first kappa shape index (κ1) is 23.2. The molecular weight excluding hydrogens is 408 g/mol. The summed E-state index contributed by atoms with van der Waals surface area (Å²) < 4.78 is 10.7. The first-order valence-electron chi connectivity index (χ1n) is 10.8. The van der Waals surface area contributed by atoms with Crippen molar-refractivity contribution in [2.45, 2.75) is 32.1 Å². The fourth-order valence-corrected chi connectivity index (χ4v) is 3.56. The van der Waals surface area contributed by atoms with Crippen LogP contribution in [0.25, 0.3) is 0 Å². The summed E-state index contributed by atoms with van der Waals surface area (Å²) in [6, 6.07) is 16.9.